The number of hydrogen-bond acceptors (Lipinski definition) is 6. The Morgan fingerprint density at radius 3 is 2.55 bits per heavy atom. The van der Waals surface area contributed by atoms with E-state index in [-0.39, 0.29) is 18.2 Å². The topological polar surface area (TPSA) is 87.2 Å². The van der Waals surface area contributed by atoms with Gasteiger partial charge in [-0.25, -0.2) is 9.97 Å². The van der Waals surface area contributed by atoms with Crippen molar-refractivity contribution in [1.29, 1.82) is 0 Å². The van der Waals surface area contributed by atoms with Crippen molar-refractivity contribution in [2.24, 2.45) is 0 Å². The van der Waals surface area contributed by atoms with E-state index >= 15 is 0 Å². The Bertz CT molecular complexity index is 982. The van der Waals surface area contributed by atoms with Gasteiger partial charge in [-0.05, 0) is 37.1 Å². The molecule has 3 heterocycles. The molecule has 1 aliphatic heterocycles. The summed E-state index contributed by atoms with van der Waals surface area (Å²) in [4.78, 5) is 35.5. The van der Waals surface area contributed by atoms with Crippen LogP contribution in [0.3, 0.4) is 0 Å². The SMILES string of the molecule is O=C(Cc1csc(NC(=O)c2ccccc2)n1)Nc1ccc(N2CCCC2)nc1. The highest BCUT2D eigenvalue weighted by Gasteiger charge is 2.14. The van der Waals surface area contributed by atoms with Crippen LogP contribution in [0.1, 0.15) is 28.9 Å². The standard InChI is InChI=1S/C21H21N5O2S/c27-19(23-16-8-9-18(22-13-16)26-10-4-5-11-26)12-17-14-29-21(24-17)25-20(28)15-6-2-1-3-7-15/h1-3,6-9,13-14H,4-5,10-12H2,(H,23,27)(H,24,25,28). The number of pyridine rings is 1. The third kappa shape index (κ3) is 4.97. The Kier molecular flexibility index (Phi) is 5.81. The summed E-state index contributed by atoms with van der Waals surface area (Å²) in [5.74, 6) is 0.547. The molecule has 0 spiro atoms. The zero-order chi connectivity index (χ0) is 20.1. The number of carbonyl (C=O) groups excluding carboxylic acids is 2. The van der Waals surface area contributed by atoms with Crippen molar-refractivity contribution in [3.05, 3.63) is 65.3 Å². The molecule has 1 saturated heterocycles. The number of rotatable bonds is 6. The van der Waals surface area contributed by atoms with Crippen LogP contribution >= 0.6 is 11.3 Å². The van der Waals surface area contributed by atoms with E-state index in [1.807, 2.05) is 18.2 Å². The molecule has 1 aliphatic rings. The van der Waals surface area contributed by atoms with Gasteiger partial charge in [-0.15, -0.1) is 11.3 Å². The summed E-state index contributed by atoms with van der Waals surface area (Å²) in [6.45, 7) is 2.07. The maximum Gasteiger partial charge on any atom is 0.257 e. The lowest BCUT2D eigenvalue weighted by Gasteiger charge is -2.16. The first-order valence-electron chi connectivity index (χ1n) is 9.49. The first-order valence-corrected chi connectivity index (χ1v) is 10.4. The van der Waals surface area contributed by atoms with E-state index in [4.69, 9.17) is 0 Å². The molecule has 29 heavy (non-hydrogen) atoms. The van der Waals surface area contributed by atoms with Gasteiger partial charge in [0.25, 0.3) is 5.91 Å². The molecule has 0 bridgehead atoms. The van der Waals surface area contributed by atoms with Crippen molar-refractivity contribution in [1.82, 2.24) is 9.97 Å². The van der Waals surface area contributed by atoms with E-state index in [1.54, 1.807) is 35.8 Å². The summed E-state index contributed by atoms with van der Waals surface area (Å²) in [6.07, 6.45) is 4.20. The number of amides is 2. The minimum absolute atomic E-state index is 0.131. The third-order valence-electron chi connectivity index (χ3n) is 4.61. The molecule has 148 valence electrons. The van der Waals surface area contributed by atoms with Crippen molar-refractivity contribution in [3.63, 3.8) is 0 Å². The van der Waals surface area contributed by atoms with Crippen molar-refractivity contribution in [2.45, 2.75) is 19.3 Å². The van der Waals surface area contributed by atoms with E-state index in [0.717, 1.165) is 18.9 Å². The van der Waals surface area contributed by atoms with E-state index in [2.05, 4.69) is 25.5 Å². The summed E-state index contributed by atoms with van der Waals surface area (Å²) >= 11 is 1.30. The summed E-state index contributed by atoms with van der Waals surface area (Å²) in [5.41, 5.74) is 1.83. The lowest BCUT2D eigenvalue weighted by Crippen LogP contribution is -2.19. The molecule has 2 amide bonds. The van der Waals surface area contributed by atoms with Crippen LogP contribution < -0.4 is 15.5 Å². The predicted octanol–water partition coefficient (Wildman–Crippen LogP) is 3.57. The highest BCUT2D eigenvalue weighted by atomic mass is 32.1. The molecule has 1 fully saturated rings. The number of carbonyl (C=O) groups is 2. The molecule has 0 aliphatic carbocycles. The fourth-order valence-corrected chi connectivity index (χ4v) is 3.87. The molecule has 4 rings (SSSR count). The van der Waals surface area contributed by atoms with E-state index in [1.165, 1.54) is 24.2 Å². The van der Waals surface area contributed by atoms with Crippen molar-refractivity contribution >= 4 is 39.8 Å². The van der Waals surface area contributed by atoms with Crippen LogP contribution in [0, 0.1) is 0 Å². The molecular formula is C21H21N5O2S. The average molecular weight is 407 g/mol. The maximum absolute atomic E-state index is 12.3. The van der Waals surface area contributed by atoms with Crippen molar-refractivity contribution in [3.8, 4) is 0 Å². The van der Waals surface area contributed by atoms with Crippen LogP contribution in [0.5, 0.6) is 0 Å². The van der Waals surface area contributed by atoms with Gasteiger partial charge in [-0.2, -0.15) is 0 Å². The Hall–Kier alpha value is -3.26. The molecule has 7 nitrogen and oxygen atoms in total. The summed E-state index contributed by atoms with van der Waals surface area (Å²) in [6, 6.07) is 12.7. The van der Waals surface area contributed by atoms with Crippen LogP contribution in [0.15, 0.2) is 54.0 Å². The van der Waals surface area contributed by atoms with Gasteiger partial charge in [0.15, 0.2) is 5.13 Å². The van der Waals surface area contributed by atoms with Gasteiger partial charge in [0.1, 0.15) is 5.82 Å². The first kappa shape index (κ1) is 19.1. The summed E-state index contributed by atoms with van der Waals surface area (Å²) in [5, 5.41) is 7.84. The zero-order valence-electron chi connectivity index (χ0n) is 15.8. The van der Waals surface area contributed by atoms with Crippen LogP contribution in [0.4, 0.5) is 16.6 Å². The molecule has 0 radical (unpaired) electrons. The van der Waals surface area contributed by atoms with Gasteiger partial charge in [0.2, 0.25) is 5.91 Å². The van der Waals surface area contributed by atoms with Crippen LogP contribution in [0.25, 0.3) is 0 Å². The van der Waals surface area contributed by atoms with Gasteiger partial charge in [-0.1, -0.05) is 18.2 Å². The Morgan fingerprint density at radius 1 is 1.03 bits per heavy atom. The number of hydrogen-bond donors (Lipinski definition) is 2. The second-order valence-electron chi connectivity index (χ2n) is 6.79. The lowest BCUT2D eigenvalue weighted by molar-refractivity contribution is -0.115. The number of benzene rings is 1. The number of aromatic nitrogens is 2. The van der Waals surface area contributed by atoms with Gasteiger partial charge < -0.3 is 10.2 Å². The van der Waals surface area contributed by atoms with Crippen LogP contribution in [-0.4, -0.2) is 34.9 Å². The molecule has 8 heteroatoms. The highest BCUT2D eigenvalue weighted by molar-refractivity contribution is 7.14. The smallest absolute Gasteiger partial charge is 0.257 e. The van der Waals surface area contributed by atoms with E-state index in [0.29, 0.717) is 22.1 Å². The summed E-state index contributed by atoms with van der Waals surface area (Å²) < 4.78 is 0. The minimum atomic E-state index is -0.222. The number of thiazole rings is 1. The second-order valence-corrected chi connectivity index (χ2v) is 7.65. The molecule has 0 saturated carbocycles. The summed E-state index contributed by atoms with van der Waals surface area (Å²) in [7, 11) is 0. The van der Waals surface area contributed by atoms with E-state index in [9.17, 15) is 9.59 Å². The van der Waals surface area contributed by atoms with Gasteiger partial charge in [0.05, 0.1) is 24.0 Å². The fourth-order valence-electron chi connectivity index (χ4n) is 3.17. The molecule has 1 aromatic carbocycles. The quantitative estimate of drug-likeness (QED) is 0.652. The molecule has 0 atom stereocenters. The molecule has 2 N–H and O–H groups in total. The third-order valence-corrected chi connectivity index (χ3v) is 5.42. The molecule has 3 aromatic rings. The average Bonchev–Trinajstić information content (AvgIpc) is 3.42. The Labute approximate surface area is 172 Å². The van der Waals surface area contributed by atoms with Gasteiger partial charge in [0, 0.05) is 24.0 Å². The number of nitrogens with one attached hydrogen (secondary N) is 2. The molecule has 0 unspecified atom stereocenters. The van der Waals surface area contributed by atoms with Gasteiger partial charge in [-0.3, -0.25) is 14.9 Å². The highest BCUT2D eigenvalue weighted by Crippen LogP contribution is 2.20. The van der Waals surface area contributed by atoms with Crippen LogP contribution in [0.2, 0.25) is 0 Å². The maximum atomic E-state index is 12.3. The van der Waals surface area contributed by atoms with Crippen LogP contribution in [-0.2, 0) is 11.2 Å². The fraction of sp³-hybridized carbons (Fsp3) is 0.238. The number of anilines is 3. The Morgan fingerprint density at radius 2 is 1.83 bits per heavy atom. The molecular weight excluding hydrogens is 386 g/mol. The zero-order valence-corrected chi connectivity index (χ0v) is 16.6. The van der Waals surface area contributed by atoms with Gasteiger partial charge >= 0.3 is 0 Å². The lowest BCUT2D eigenvalue weighted by atomic mass is 10.2. The Balaban J connectivity index is 1.30. The monoisotopic (exact) mass is 407 g/mol. The van der Waals surface area contributed by atoms with E-state index < -0.39 is 0 Å². The minimum Gasteiger partial charge on any atom is -0.357 e. The van der Waals surface area contributed by atoms with Crippen molar-refractivity contribution < 1.29 is 9.59 Å². The largest absolute Gasteiger partial charge is 0.357 e. The normalized spacial score (nSPS) is 13.3. The van der Waals surface area contributed by atoms with Crippen molar-refractivity contribution in [2.75, 3.05) is 28.6 Å². The second kappa shape index (κ2) is 8.83. The molecule has 2 aromatic heterocycles. The predicted molar refractivity (Wildman–Crippen MR) is 115 cm³/mol. The first-order chi connectivity index (χ1) is 14.2. The number of nitrogens with zero attached hydrogens (tertiary/aromatic N) is 3.